The largest absolute Gasteiger partial charge is 0.350 e. The monoisotopic (exact) mass is 217 g/mol. The highest BCUT2D eigenvalue weighted by molar-refractivity contribution is 6.06. The van der Waals surface area contributed by atoms with Crippen molar-refractivity contribution in [1.29, 1.82) is 0 Å². The SMILES string of the molecule is Cc1ccc2[nH]cnc2c1C(=O)NC(C)C. The molecule has 0 radical (unpaired) electrons. The molecule has 0 spiro atoms. The predicted molar refractivity (Wildman–Crippen MR) is 63.4 cm³/mol. The van der Waals surface area contributed by atoms with Gasteiger partial charge in [-0.25, -0.2) is 4.98 Å². The first-order valence-electron chi connectivity index (χ1n) is 5.33. The van der Waals surface area contributed by atoms with E-state index in [0.717, 1.165) is 16.6 Å². The Morgan fingerprint density at radius 2 is 2.19 bits per heavy atom. The Hall–Kier alpha value is -1.84. The first kappa shape index (κ1) is 10.7. The Kier molecular flexibility index (Phi) is 2.64. The summed E-state index contributed by atoms with van der Waals surface area (Å²) in [5.74, 6) is -0.0646. The van der Waals surface area contributed by atoms with Crippen LogP contribution in [0.2, 0.25) is 0 Å². The number of rotatable bonds is 2. The molecule has 0 saturated heterocycles. The Bertz CT molecular complexity index is 528. The molecular weight excluding hydrogens is 202 g/mol. The van der Waals surface area contributed by atoms with E-state index in [4.69, 9.17) is 0 Å². The number of carbonyl (C=O) groups is 1. The van der Waals surface area contributed by atoms with Crippen LogP contribution in [-0.4, -0.2) is 21.9 Å². The summed E-state index contributed by atoms with van der Waals surface area (Å²) < 4.78 is 0. The van der Waals surface area contributed by atoms with Crippen LogP contribution < -0.4 is 5.32 Å². The second kappa shape index (κ2) is 3.96. The molecule has 2 aromatic rings. The molecule has 0 aliphatic heterocycles. The molecule has 0 aliphatic rings. The molecule has 2 N–H and O–H groups in total. The molecule has 4 heteroatoms. The zero-order chi connectivity index (χ0) is 11.7. The molecule has 0 atom stereocenters. The van der Waals surface area contributed by atoms with Gasteiger partial charge in [-0.15, -0.1) is 0 Å². The summed E-state index contributed by atoms with van der Waals surface area (Å²) in [6.45, 7) is 5.80. The third-order valence-electron chi connectivity index (χ3n) is 2.45. The average molecular weight is 217 g/mol. The van der Waals surface area contributed by atoms with Crippen molar-refractivity contribution < 1.29 is 4.79 Å². The first-order chi connectivity index (χ1) is 7.59. The standard InChI is InChI=1S/C12H15N3O/c1-7(2)15-12(16)10-8(3)4-5-9-11(10)14-6-13-9/h4-7H,1-3H3,(H,13,14)(H,15,16). The number of carbonyl (C=O) groups excluding carboxylic acids is 1. The van der Waals surface area contributed by atoms with E-state index in [1.807, 2.05) is 32.9 Å². The van der Waals surface area contributed by atoms with Crippen LogP contribution in [0.25, 0.3) is 11.0 Å². The highest BCUT2D eigenvalue weighted by atomic mass is 16.1. The lowest BCUT2D eigenvalue weighted by molar-refractivity contribution is 0.0944. The van der Waals surface area contributed by atoms with Crippen molar-refractivity contribution >= 4 is 16.9 Å². The summed E-state index contributed by atoms with van der Waals surface area (Å²) in [4.78, 5) is 19.2. The fraction of sp³-hybridized carbons (Fsp3) is 0.333. The zero-order valence-corrected chi connectivity index (χ0v) is 9.66. The molecule has 2 rings (SSSR count). The molecular formula is C12H15N3O. The highest BCUT2D eigenvalue weighted by Crippen LogP contribution is 2.18. The number of aromatic amines is 1. The van der Waals surface area contributed by atoms with Gasteiger partial charge < -0.3 is 10.3 Å². The maximum atomic E-state index is 12.0. The number of benzene rings is 1. The number of amides is 1. The van der Waals surface area contributed by atoms with Gasteiger partial charge in [-0.1, -0.05) is 6.07 Å². The number of aromatic nitrogens is 2. The van der Waals surface area contributed by atoms with Crippen molar-refractivity contribution in [3.05, 3.63) is 29.6 Å². The van der Waals surface area contributed by atoms with Crippen LogP contribution in [0.1, 0.15) is 29.8 Å². The second-order valence-electron chi connectivity index (χ2n) is 4.18. The summed E-state index contributed by atoms with van der Waals surface area (Å²) in [6.07, 6.45) is 1.61. The molecule has 0 aliphatic carbocycles. The van der Waals surface area contributed by atoms with Crippen molar-refractivity contribution in [3.63, 3.8) is 0 Å². The van der Waals surface area contributed by atoms with Crippen LogP contribution in [0.15, 0.2) is 18.5 Å². The number of imidazole rings is 1. The van der Waals surface area contributed by atoms with Gasteiger partial charge in [0.2, 0.25) is 0 Å². The molecule has 1 heterocycles. The normalized spacial score (nSPS) is 11.0. The predicted octanol–water partition coefficient (Wildman–Crippen LogP) is 2.01. The third kappa shape index (κ3) is 1.78. The van der Waals surface area contributed by atoms with Crippen molar-refractivity contribution in [3.8, 4) is 0 Å². The van der Waals surface area contributed by atoms with Gasteiger partial charge in [-0.3, -0.25) is 4.79 Å². The van der Waals surface area contributed by atoms with E-state index in [1.54, 1.807) is 6.33 Å². The van der Waals surface area contributed by atoms with Crippen molar-refractivity contribution in [2.45, 2.75) is 26.8 Å². The van der Waals surface area contributed by atoms with E-state index < -0.39 is 0 Å². The molecule has 0 unspecified atom stereocenters. The van der Waals surface area contributed by atoms with Crippen molar-refractivity contribution in [2.75, 3.05) is 0 Å². The molecule has 0 saturated carbocycles. The number of nitrogens with one attached hydrogen (secondary N) is 2. The van der Waals surface area contributed by atoms with Crippen molar-refractivity contribution in [2.24, 2.45) is 0 Å². The minimum absolute atomic E-state index is 0.0646. The third-order valence-corrected chi connectivity index (χ3v) is 2.45. The number of hydrogen-bond donors (Lipinski definition) is 2. The Labute approximate surface area is 94.1 Å². The minimum Gasteiger partial charge on any atom is -0.350 e. The van der Waals surface area contributed by atoms with E-state index >= 15 is 0 Å². The topological polar surface area (TPSA) is 57.8 Å². The number of nitrogens with zero attached hydrogens (tertiary/aromatic N) is 1. The molecule has 4 nitrogen and oxygen atoms in total. The second-order valence-corrected chi connectivity index (χ2v) is 4.18. The maximum Gasteiger partial charge on any atom is 0.254 e. The number of fused-ring (bicyclic) bond motifs is 1. The van der Waals surface area contributed by atoms with Gasteiger partial charge in [-0.2, -0.15) is 0 Å². The van der Waals surface area contributed by atoms with Crippen molar-refractivity contribution in [1.82, 2.24) is 15.3 Å². The summed E-state index contributed by atoms with van der Waals surface area (Å²) >= 11 is 0. The van der Waals surface area contributed by atoms with Crippen LogP contribution in [0, 0.1) is 6.92 Å². The zero-order valence-electron chi connectivity index (χ0n) is 9.66. The first-order valence-corrected chi connectivity index (χ1v) is 5.33. The van der Waals surface area contributed by atoms with Crippen LogP contribution in [0.3, 0.4) is 0 Å². The lowest BCUT2D eigenvalue weighted by atomic mass is 10.1. The van der Waals surface area contributed by atoms with E-state index in [9.17, 15) is 4.79 Å². The molecule has 1 amide bonds. The van der Waals surface area contributed by atoms with Crippen LogP contribution >= 0.6 is 0 Å². The lowest BCUT2D eigenvalue weighted by Crippen LogP contribution is -2.30. The Morgan fingerprint density at radius 3 is 2.88 bits per heavy atom. The van der Waals surface area contributed by atoms with E-state index in [1.165, 1.54) is 0 Å². The van der Waals surface area contributed by atoms with Crippen LogP contribution in [0.4, 0.5) is 0 Å². The quantitative estimate of drug-likeness (QED) is 0.808. The average Bonchev–Trinajstić information content (AvgIpc) is 2.63. The van der Waals surface area contributed by atoms with Gasteiger partial charge in [0, 0.05) is 6.04 Å². The smallest absolute Gasteiger partial charge is 0.254 e. The summed E-state index contributed by atoms with van der Waals surface area (Å²) in [5.41, 5.74) is 3.22. The maximum absolute atomic E-state index is 12.0. The van der Waals surface area contributed by atoms with Gasteiger partial charge in [0.1, 0.15) is 5.52 Å². The molecule has 16 heavy (non-hydrogen) atoms. The highest BCUT2D eigenvalue weighted by Gasteiger charge is 2.15. The van der Waals surface area contributed by atoms with E-state index in [2.05, 4.69) is 15.3 Å². The molecule has 84 valence electrons. The lowest BCUT2D eigenvalue weighted by Gasteiger charge is -2.10. The van der Waals surface area contributed by atoms with E-state index in [0.29, 0.717) is 5.56 Å². The van der Waals surface area contributed by atoms with Gasteiger partial charge >= 0.3 is 0 Å². The van der Waals surface area contributed by atoms with Crippen LogP contribution in [0.5, 0.6) is 0 Å². The van der Waals surface area contributed by atoms with Gasteiger partial charge in [-0.05, 0) is 32.4 Å². The number of aryl methyl sites for hydroxylation is 1. The molecule has 0 fully saturated rings. The summed E-state index contributed by atoms with van der Waals surface area (Å²) in [5, 5.41) is 2.89. The summed E-state index contributed by atoms with van der Waals surface area (Å²) in [7, 11) is 0. The fourth-order valence-electron chi connectivity index (χ4n) is 1.73. The Balaban J connectivity index is 2.53. The number of hydrogen-bond acceptors (Lipinski definition) is 2. The molecule has 1 aromatic carbocycles. The summed E-state index contributed by atoms with van der Waals surface area (Å²) in [6, 6.07) is 3.99. The van der Waals surface area contributed by atoms with Gasteiger partial charge in [0.15, 0.2) is 0 Å². The molecule has 0 bridgehead atoms. The van der Waals surface area contributed by atoms with Crippen LogP contribution in [-0.2, 0) is 0 Å². The fourth-order valence-corrected chi connectivity index (χ4v) is 1.73. The number of H-pyrrole nitrogens is 1. The van der Waals surface area contributed by atoms with E-state index in [-0.39, 0.29) is 11.9 Å². The molecule has 1 aromatic heterocycles. The Morgan fingerprint density at radius 1 is 1.44 bits per heavy atom. The minimum atomic E-state index is -0.0646. The van der Waals surface area contributed by atoms with Gasteiger partial charge in [0.25, 0.3) is 5.91 Å². The van der Waals surface area contributed by atoms with Gasteiger partial charge in [0.05, 0.1) is 17.4 Å².